The molecule has 1 aromatic heterocycles. The summed E-state index contributed by atoms with van der Waals surface area (Å²) in [6, 6.07) is 4.62. The van der Waals surface area contributed by atoms with Gasteiger partial charge >= 0.3 is 5.97 Å². The molecule has 0 saturated heterocycles. The largest absolute Gasteiger partial charge is 0.507 e. The molecule has 2 N–H and O–H groups in total. The quantitative estimate of drug-likeness (QED) is 0.768. The highest BCUT2D eigenvalue weighted by Gasteiger charge is 2.12. The molecule has 0 amide bonds. The number of nitrogens with zero attached hydrogens (tertiary/aromatic N) is 1. The van der Waals surface area contributed by atoms with Crippen LogP contribution in [0.5, 0.6) is 5.75 Å². The van der Waals surface area contributed by atoms with Crippen LogP contribution in [0, 0.1) is 13.8 Å². The van der Waals surface area contributed by atoms with Crippen molar-refractivity contribution in [3.05, 3.63) is 35.0 Å². The molecule has 0 aliphatic rings. The molecule has 4 nitrogen and oxygen atoms in total. The number of carboxylic acids is 1. The number of carboxylic acid groups (broad SMARTS) is 1. The number of aromatic hydroxyl groups is 1. The molecule has 1 aromatic carbocycles. The normalized spacial score (nSPS) is 10.6. The monoisotopic (exact) mass is 217 g/mol. The maximum atomic E-state index is 10.9. The van der Waals surface area contributed by atoms with Gasteiger partial charge < -0.3 is 10.2 Å². The standard InChI is InChI=1S/C12H11NO3/c1-6-5-10(14)9-4-3-8(12(15)16)7(2)11(9)13-6/h3-5H,1-2H3,(H,13,14)(H,15,16). The summed E-state index contributed by atoms with van der Waals surface area (Å²) >= 11 is 0. The molecule has 0 aliphatic carbocycles. The number of hydrogen-bond acceptors (Lipinski definition) is 3. The van der Waals surface area contributed by atoms with Crippen LogP contribution in [0.4, 0.5) is 0 Å². The van der Waals surface area contributed by atoms with Crippen molar-refractivity contribution in [1.29, 1.82) is 0 Å². The highest BCUT2D eigenvalue weighted by Crippen LogP contribution is 2.28. The molecule has 2 rings (SSSR count). The number of carbonyl (C=O) groups is 1. The van der Waals surface area contributed by atoms with Gasteiger partial charge in [0.05, 0.1) is 11.1 Å². The Hall–Kier alpha value is -2.10. The van der Waals surface area contributed by atoms with Crippen LogP contribution < -0.4 is 0 Å². The Balaban J connectivity index is 2.89. The molecule has 0 radical (unpaired) electrons. The van der Waals surface area contributed by atoms with Gasteiger partial charge in [-0.05, 0) is 31.5 Å². The lowest BCUT2D eigenvalue weighted by Crippen LogP contribution is -2.01. The van der Waals surface area contributed by atoms with Crippen LogP contribution in [0.25, 0.3) is 10.9 Å². The van der Waals surface area contributed by atoms with Crippen LogP contribution in [0.15, 0.2) is 18.2 Å². The van der Waals surface area contributed by atoms with E-state index >= 15 is 0 Å². The fourth-order valence-corrected chi connectivity index (χ4v) is 1.77. The Morgan fingerprint density at radius 3 is 2.62 bits per heavy atom. The third kappa shape index (κ3) is 1.48. The summed E-state index contributed by atoms with van der Waals surface area (Å²) in [6.07, 6.45) is 0. The van der Waals surface area contributed by atoms with Crippen LogP contribution in [0.2, 0.25) is 0 Å². The van der Waals surface area contributed by atoms with E-state index in [0.717, 1.165) is 0 Å². The van der Waals surface area contributed by atoms with Gasteiger partial charge in [0, 0.05) is 17.1 Å². The first-order valence-electron chi connectivity index (χ1n) is 4.84. The minimum absolute atomic E-state index is 0.127. The van der Waals surface area contributed by atoms with Gasteiger partial charge in [0.25, 0.3) is 0 Å². The Labute approximate surface area is 92.2 Å². The summed E-state index contributed by atoms with van der Waals surface area (Å²) in [7, 11) is 0. The van der Waals surface area contributed by atoms with Crippen LogP contribution in [0.1, 0.15) is 21.6 Å². The number of aromatic carboxylic acids is 1. The first-order valence-corrected chi connectivity index (χ1v) is 4.84. The summed E-state index contributed by atoms with van der Waals surface area (Å²) in [6.45, 7) is 3.45. The van der Waals surface area contributed by atoms with E-state index in [-0.39, 0.29) is 11.3 Å². The van der Waals surface area contributed by atoms with Gasteiger partial charge in [-0.1, -0.05) is 0 Å². The van der Waals surface area contributed by atoms with Crippen molar-refractivity contribution in [2.45, 2.75) is 13.8 Å². The van der Waals surface area contributed by atoms with Crippen molar-refractivity contribution < 1.29 is 15.0 Å². The van der Waals surface area contributed by atoms with E-state index in [1.807, 2.05) is 0 Å². The van der Waals surface area contributed by atoms with Gasteiger partial charge in [-0.25, -0.2) is 4.79 Å². The third-order valence-corrected chi connectivity index (χ3v) is 2.57. The Kier molecular flexibility index (Phi) is 2.27. The molecule has 0 spiro atoms. The molecule has 0 saturated carbocycles. The molecular weight excluding hydrogens is 206 g/mol. The molecule has 0 aliphatic heterocycles. The fraction of sp³-hybridized carbons (Fsp3) is 0.167. The first kappa shape index (κ1) is 10.4. The van der Waals surface area contributed by atoms with Crippen molar-refractivity contribution in [2.24, 2.45) is 0 Å². The van der Waals surface area contributed by atoms with Gasteiger partial charge in [-0.2, -0.15) is 0 Å². The van der Waals surface area contributed by atoms with Crippen molar-refractivity contribution in [3.63, 3.8) is 0 Å². The second-order valence-corrected chi connectivity index (χ2v) is 3.72. The predicted molar refractivity (Wildman–Crippen MR) is 59.8 cm³/mol. The Morgan fingerprint density at radius 1 is 1.31 bits per heavy atom. The second-order valence-electron chi connectivity index (χ2n) is 3.72. The summed E-state index contributed by atoms with van der Waals surface area (Å²) in [4.78, 5) is 15.2. The van der Waals surface area contributed by atoms with Crippen LogP contribution in [0.3, 0.4) is 0 Å². The average molecular weight is 217 g/mol. The zero-order valence-corrected chi connectivity index (χ0v) is 8.98. The second kappa shape index (κ2) is 3.48. The molecule has 1 heterocycles. The smallest absolute Gasteiger partial charge is 0.336 e. The van der Waals surface area contributed by atoms with Crippen molar-refractivity contribution in [3.8, 4) is 5.75 Å². The summed E-state index contributed by atoms with van der Waals surface area (Å²) in [5.41, 5.74) is 1.99. The predicted octanol–water partition coefficient (Wildman–Crippen LogP) is 2.26. The zero-order chi connectivity index (χ0) is 11.9. The lowest BCUT2D eigenvalue weighted by atomic mass is 10.0. The van der Waals surface area contributed by atoms with Crippen molar-refractivity contribution in [1.82, 2.24) is 4.98 Å². The van der Waals surface area contributed by atoms with Gasteiger partial charge in [-0.3, -0.25) is 4.98 Å². The summed E-state index contributed by atoms with van der Waals surface area (Å²) < 4.78 is 0. The van der Waals surface area contributed by atoms with Crippen molar-refractivity contribution >= 4 is 16.9 Å². The van der Waals surface area contributed by atoms with Crippen LogP contribution in [-0.2, 0) is 0 Å². The highest BCUT2D eigenvalue weighted by atomic mass is 16.4. The third-order valence-electron chi connectivity index (χ3n) is 2.57. The molecule has 0 atom stereocenters. The van der Waals surface area contributed by atoms with E-state index in [4.69, 9.17) is 5.11 Å². The molecule has 0 unspecified atom stereocenters. The average Bonchev–Trinajstić information content (AvgIpc) is 2.19. The Morgan fingerprint density at radius 2 is 2.00 bits per heavy atom. The van der Waals surface area contributed by atoms with Crippen LogP contribution in [-0.4, -0.2) is 21.2 Å². The number of benzene rings is 1. The highest BCUT2D eigenvalue weighted by molar-refractivity contribution is 5.97. The number of fused-ring (bicyclic) bond motifs is 1. The first-order chi connectivity index (χ1) is 7.50. The van der Waals surface area contributed by atoms with E-state index < -0.39 is 5.97 Å². The van der Waals surface area contributed by atoms with E-state index in [2.05, 4.69) is 4.98 Å². The molecule has 4 heteroatoms. The lowest BCUT2D eigenvalue weighted by molar-refractivity contribution is 0.0696. The minimum Gasteiger partial charge on any atom is -0.507 e. The zero-order valence-electron chi connectivity index (χ0n) is 8.98. The topological polar surface area (TPSA) is 70.4 Å². The molecule has 0 bridgehead atoms. The molecule has 2 aromatic rings. The summed E-state index contributed by atoms with van der Waals surface area (Å²) in [5, 5.41) is 19.3. The number of hydrogen-bond donors (Lipinski definition) is 2. The van der Waals surface area contributed by atoms with Crippen molar-refractivity contribution in [2.75, 3.05) is 0 Å². The van der Waals surface area contributed by atoms with E-state index in [9.17, 15) is 9.90 Å². The Bertz CT molecular complexity index is 590. The van der Waals surface area contributed by atoms with Crippen LogP contribution >= 0.6 is 0 Å². The number of rotatable bonds is 1. The number of aromatic nitrogens is 1. The molecule has 82 valence electrons. The minimum atomic E-state index is -0.984. The molecule has 0 fully saturated rings. The molecular formula is C12H11NO3. The maximum absolute atomic E-state index is 10.9. The maximum Gasteiger partial charge on any atom is 0.336 e. The SMILES string of the molecule is Cc1cc(O)c2ccc(C(=O)O)c(C)c2n1. The van der Waals surface area contributed by atoms with Gasteiger partial charge in [0.2, 0.25) is 0 Å². The van der Waals surface area contributed by atoms with E-state index in [0.29, 0.717) is 22.2 Å². The van der Waals surface area contributed by atoms with E-state index in [1.165, 1.54) is 6.07 Å². The molecule has 16 heavy (non-hydrogen) atoms. The summed E-state index contributed by atoms with van der Waals surface area (Å²) in [5.74, 6) is -0.857. The number of aryl methyl sites for hydroxylation is 2. The van der Waals surface area contributed by atoms with Gasteiger partial charge in [-0.15, -0.1) is 0 Å². The van der Waals surface area contributed by atoms with Gasteiger partial charge in [0.15, 0.2) is 0 Å². The lowest BCUT2D eigenvalue weighted by Gasteiger charge is -2.07. The fourth-order valence-electron chi connectivity index (χ4n) is 1.77. The van der Waals surface area contributed by atoms with Gasteiger partial charge in [0.1, 0.15) is 5.75 Å². The van der Waals surface area contributed by atoms with E-state index in [1.54, 1.807) is 26.0 Å². The number of pyridine rings is 1.